The molecule has 1 aromatic rings. The standard InChI is InChI=1S/C20H21N3O6/c1-12(24)21-13-6-8-14(9-7-13)22-17(25)11-29-18(26)10-23-19(27)15-4-2-3-5-16(15)20(23)28/h2-3,6-9,15-16H,4-5,10-11H2,1H3,(H,21,24)(H,22,25)/t15-,16+. The molecule has 2 N–H and O–H groups in total. The zero-order valence-electron chi connectivity index (χ0n) is 15.8. The van der Waals surface area contributed by atoms with Crippen LogP contribution in [0.4, 0.5) is 11.4 Å². The van der Waals surface area contributed by atoms with Crippen molar-refractivity contribution in [3.05, 3.63) is 36.4 Å². The quantitative estimate of drug-likeness (QED) is 0.419. The maximum atomic E-state index is 12.3. The van der Waals surface area contributed by atoms with E-state index in [2.05, 4.69) is 10.6 Å². The average Bonchev–Trinajstić information content (AvgIpc) is 2.93. The highest BCUT2D eigenvalue weighted by Gasteiger charge is 2.47. The zero-order valence-corrected chi connectivity index (χ0v) is 15.8. The van der Waals surface area contributed by atoms with E-state index in [9.17, 15) is 24.0 Å². The molecule has 2 atom stereocenters. The molecule has 0 unspecified atom stereocenters. The van der Waals surface area contributed by atoms with Crippen molar-refractivity contribution < 1.29 is 28.7 Å². The minimum atomic E-state index is -0.825. The molecule has 2 aliphatic rings. The molecule has 1 saturated heterocycles. The number of rotatable bonds is 6. The molecule has 9 heteroatoms. The third kappa shape index (κ3) is 4.87. The van der Waals surface area contributed by atoms with Gasteiger partial charge in [-0.15, -0.1) is 0 Å². The minimum absolute atomic E-state index is 0.209. The Labute approximate surface area is 167 Å². The van der Waals surface area contributed by atoms with Crippen LogP contribution < -0.4 is 10.6 Å². The lowest BCUT2D eigenvalue weighted by atomic mass is 9.85. The molecule has 0 saturated carbocycles. The van der Waals surface area contributed by atoms with Gasteiger partial charge in [-0.1, -0.05) is 12.2 Å². The Morgan fingerprint density at radius 1 is 0.966 bits per heavy atom. The normalized spacial score (nSPS) is 20.2. The second-order valence-electron chi connectivity index (χ2n) is 6.89. The molecule has 3 rings (SSSR count). The van der Waals surface area contributed by atoms with Crippen molar-refractivity contribution in [2.45, 2.75) is 19.8 Å². The van der Waals surface area contributed by atoms with E-state index in [-0.39, 0.29) is 17.7 Å². The van der Waals surface area contributed by atoms with E-state index in [0.29, 0.717) is 24.2 Å². The number of nitrogens with zero attached hydrogens (tertiary/aromatic N) is 1. The first kappa shape index (κ1) is 20.2. The number of allylic oxidation sites excluding steroid dienone is 2. The molecular weight excluding hydrogens is 378 g/mol. The first-order valence-corrected chi connectivity index (χ1v) is 9.18. The highest BCUT2D eigenvalue weighted by Crippen LogP contribution is 2.34. The highest BCUT2D eigenvalue weighted by molar-refractivity contribution is 6.07. The van der Waals surface area contributed by atoms with Crippen LogP contribution in [-0.4, -0.2) is 47.6 Å². The van der Waals surface area contributed by atoms with Crippen molar-refractivity contribution >= 4 is 41.0 Å². The number of carbonyl (C=O) groups excluding carboxylic acids is 5. The summed E-state index contributed by atoms with van der Waals surface area (Å²) in [7, 11) is 0. The summed E-state index contributed by atoms with van der Waals surface area (Å²) in [6, 6.07) is 6.40. The summed E-state index contributed by atoms with van der Waals surface area (Å²) in [5.74, 6) is -3.17. The first-order chi connectivity index (χ1) is 13.8. The van der Waals surface area contributed by atoms with Crippen LogP contribution in [0.25, 0.3) is 0 Å². The third-order valence-corrected chi connectivity index (χ3v) is 4.74. The van der Waals surface area contributed by atoms with Crippen LogP contribution in [0.1, 0.15) is 19.8 Å². The Kier molecular flexibility index (Phi) is 6.06. The zero-order chi connectivity index (χ0) is 21.0. The molecule has 0 aromatic heterocycles. The molecule has 1 fully saturated rings. The van der Waals surface area contributed by atoms with Gasteiger partial charge in [0, 0.05) is 18.3 Å². The van der Waals surface area contributed by atoms with E-state index in [4.69, 9.17) is 4.74 Å². The van der Waals surface area contributed by atoms with Gasteiger partial charge in [-0.2, -0.15) is 0 Å². The number of benzene rings is 1. The fourth-order valence-corrected chi connectivity index (χ4v) is 3.38. The van der Waals surface area contributed by atoms with Crippen molar-refractivity contribution in [3.63, 3.8) is 0 Å². The average molecular weight is 399 g/mol. The van der Waals surface area contributed by atoms with Gasteiger partial charge in [0.05, 0.1) is 11.8 Å². The number of ether oxygens (including phenoxy) is 1. The number of anilines is 2. The van der Waals surface area contributed by atoms with E-state index in [1.165, 1.54) is 6.92 Å². The van der Waals surface area contributed by atoms with Gasteiger partial charge in [-0.05, 0) is 37.1 Å². The van der Waals surface area contributed by atoms with Gasteiger partial charge < -0.3 is 15.4 Å². The monoisotopic (exact) mass is 399 g/mol. The van der Waals surface area contributed by atoms with Crippen LogP contribution in [0, 0.1) is 11.8 Å². The molecule has 1 aliphatic carbocycles. The van der Waals surface area contributed by atoms with Gasteiger partial charge in [0.2, 0.25) is 17.7 Å². The van der Waals surface area contributed by atoms with Gasteiger partial charge in [0.25, 0.3) is 5.91 Å². The van der Waals surface area contributed by atoms with Crippen LogP contribution in [0.3, 0.4) is 0 Å². The molecule has 4 amide bonds. The maximum Gasteiger partial charge on any atom is 0.326 e. The summed E-state index contributed by atoms with van der Waals surface area (Å²) in [5.41, 5.74) is 1.04. The van der Waals surface area contributed by atoms with Gasteiger partial charge in [-0.3, -0.25) is 28.9 Å². The smallest absolute Gasteiger partial charge is 0.326 e. The van der Waals surface area contributed by atoms with E-state index in [1.807, 2.05) is 12.2 Å². The summed E-state index contributed by atoms with van der Waals surface area (Å²) in [5, 5.41) is 5.15. The fourth-order valence-electron chi connectivity index (χ4n) is 3.38. The number of fused-ring (bicyclic) bond motifs is 1. The molecule has 1 aromatic carbocycles. The largest absolute Gasteiger partial charge is 0.454 e. The number of likely N-dealkylation sites (tertiary alicyclic amines) is 1. The van der Waals surface area contributed by atoms with E-state index in [0.717, 1.165) is 4.90 Å². The number of hydrogen-bond acceptors (Lipinski definition) is 6. The Bertz CT molecular complexity index is 851. The number of carbonyl (C=O) groups is 5. The Hall–Kier alpha value is -3.49. The minimum Gasteiger partial charge on any atom is -0.454 e. The van der Waals surface area contributed by atoms with Crippen LogP contribution in [0.2, 0.25) is 0 Å². The van der Waals surface area contributed by atoms with Gasteiger partial charge in [0.1, 0.15) is 6.54 Å². The second-order valence-corrected chi connectivity index (χ2v) is 6.89. The molecule has 0 spiro atoms. The summed E-state index contributed by atoms with van der Waals surface area (Å²) in [4.78, 5) is 60.5. The maximum absolute atomic E-state index is 12.3. The van der Waals surface area contributed by atoms with Crippen molar-refractivity contribution in [1.29, 1.82) is 0 Å². The van der Waals surface area contributed by atoms with Gasteiger partial charge >= 0.3 is 5.97 Å². The second kappa shape index (κ2) is 8.68. The predicted octanol–water partition coefficient (Wildman–Crippen LogP) is 1.08. The summed E-state index contributed by atoms with van der Waals surface area (Å²) in [6.45, 7) is 0.346. The number of amides is 4. The molecule has 1 heterocycles. The van der Waals surface area contributed by atoms with E-state index < -0.39 is 36.9 Å². The molecule has 0 bridgehead atoms. The lowest BCUT2D eigenvalue weighted by Gasteiger charge is -2.14. The molecule has 0 radical (unpaired) electrons. The SMILES string of the molecule is CC(=O)Nc1ccc(NC(=O)COC(=O)CN2C(=O)[C@H]3CC=CC[C@H]3C2=O)cc1. The van der Waals surface area contributed by atoms with Crippen molar-refractivity contribution in [2.75, 3.05) is 23.8 Å². The number of nitrogens with one attached hydrogen (secondary N) is 2. The van der Waals surface area contributed by atoms with Crippen LogP contribution >= 0.6 is 0 Å². The van der Waals surface area contributed by atoms with Gasteiger partial charge in [-0.25, -0.2) is 0 Å². The Balaban J connectivity index is 1.45. The fraction of sp³-hybridized carbons (Fsp3) is 0.350. The van der Waals surface area contributed by atoms with Crippen LogP contribution in [-0.2, 0) is 28.7 Å². The lowest BCUT2D eigenvalue weighted by molar-refractivity contribution is -0.154. The van der Waals surface area contributed by atoms with E-state index in [1.54, 1.807) is 24.3 Å². The topological polar surface area (TPSA) is 122 Å². The summed E-state index contributed by atoms with van der Waals surface area (Å²) >= 11 is 0. The Morgan fingerprint density at radius 3 is 2.00 bits per heavy atom. The molecule has 29 heavy (non-hydrogen) atoms. The molecular formula is C20H21N3O6. The molecule has 1 aliphatic heterocycles. The lowest BCUT2D eigenvalue weighted by Crippen LogP contribution is -2.37. The van der Waals surface area contributed by atoms with Gasteiger partial charge in [0.15, 0.2) is 6.61 Å². The summed E-state index contributed by atoms with van der Waals surface area (Å²) < 4.78 is 4.89. The van der Waals surface area contributed by atoms with Crippen molar-refractivity contribution in [1.82, 2.24) is 4.90 Å². The van der Waals surface area contributed by atoms with Crippen molar-refractivity contribution in [3.8, 4) is 0 Å². The number of hydrogen-bond donors (Lipinski definition) is 2. The van der Waals surface area contributed by atoms with Crippen LogP contribution in [0.15, 0.2) is 36.4 Å². The number of esters is 1. The van der Waals surface area contributed by atoms with Crippen molar-refractivity contribution in [2.24, 2.45) is 11.8 Å². The summed E-state index contributed by atoms with van der Waals surface area (Å²) in [6.07, 6.45) is 4.70. The predicted molar refractivity (Wildman–Crippen MR) is 102 cm³/mol. The molecule has 152 valence electrons. The highest BCUT2D eigenvalue weighted by atomic mass is 16.5. The van der Waals surface area contributed by atoms with E-state index >= 15 is 0 Å². The molecule has 9 nitrogen and oxygen atoms in total. The number of imide groups is 1. The third-order valence-electron chi connectivity index (χ3n) is 4.74. The van der Waals surface area contributed by atoms with Crippen LogP contribution in [0.5, 0.6) is 0 Å². The first-order valence-electron chi connectivity index (χ1n) is 9.18. The Morgan fingerprint density at radius 2 is 1.48 bits per heavy atom.